The van der Waals surface area contributed by atoms with Crippen LogP contribution in [0.3, 0.4) is 0 Å². The Morgan fingerprint density at radius 2 is 1.81 bits per heavy atom. The zero-order valence-corrected chi connectivity index (χ0v) is 17.1. The highest BCUT2D eigenvalue weighted by Crippen LogP contribution is 2.30. The maximum Gasteiger partial charge on any atom is 0.254 e. The maximum absolute atomic E-state index is 12.8. The first kappa shape index (κ1) is 22.6. The van der Waals surface area contributed by atoms with Crippen molar-refractivity contribution in [2.24, 2.45) is 0 Å². The van der Waals surface area contributed by atoms with Crippen molar-refractivity contribution in [2.45, 2.75) is 52.0 Å². The van der Waals surface area contributed by atoms with Gasteiger partial charge in [0, 0.05) is 25.2 Å². The molecule has 0 bridgehead atoms. The van der Waals surface area contributed by atoms with E-state index >= 15 is 0 Å². The molecule has 0 radical (unpaired) electrons. The summed E-state index contributed by atoms with van der Waals surface area (Å²) in [4.78, 5) is 14.6. The summed E-state index contributed by atoms with van der Waals surface area (Å²) in [6, 6.07) is 5.80. The molecular weight excluding hydrogens is 352 g/mol. The number of nitrogens with one attached hydrogen (secondary N) is 1. The van der Waals surface area contributed by atoms with Crippen LogP contribution in [-0.2, 0) is 0 Å². The number of carbonyl (C=O) groups is 1. The third-order valence-electron chi connectivity index (χ3n) is 4.60. The van der Waals surface area contributed by atoms with Crippen molar-refractivity contribution in [3.63, 3.8) is 0 Å². The lowest BCUT2D eigenvalue weighted by atomic mass is 10.1. The van der Waals surface area contributed by atoms with Crippen molar-refractivity contribution in [3.8, 4) is 11.5 Å². The van der Waals surface area contributed by atoms with E-state index in [2.05, 4.69) is 19.2 Å². The van der Waals surface area contributed by atoms with Gasteiger partial charge >= 0.3 is 0 Å². The fourth-order valence-corrected chi connectivity index (χ4v) is 2.87. The first-order valence-corrected chi connectivity index (χ1v) is 9.54. The minimum Gasteiger partial charge on any atom is -0.490 e. The van der Waals surface area contributed by atoms with E-state index in [1.807, 2.05) is 30.1 Å². The lowest BCUT2D eigenvalue weighted by Crippen LogP contribution is -2.38. The van der Waals surface area contributed by atoms with E-state index < -0.39 is 0 Å². The van der Waals surface area contributed by atoms with Crippen LogP contribution in [-0.4, -0.2) is 50.2 Å². The van der Waals surface area contributed by atoms with Crippen LogP contribution in [0.1, 0.15) is 56.3 Å². The normalized spacial score (nSPS) is 16.0. The van der Waals surface area contributed by atoms with Gasteiger partial charge in [-0.2, -0.15) is 0 Å². The van der Waals surface area contributed by atoms with Crippen molar-refractivity contribution >= 4 is 18.3 Å². The number of unbranched alkanes of at least 4 members (excludes halogenated alkanes) is 2. The van der Waals surface area contributed by atoms with E-state index in [0.29, 0.717) is 24.5 Å². The first-order chi connectivity index (χ1) is 12.2. The van der Waals surface area contributed by atoms with Crippen LogP contribution >= 0.6 is 12.4 Å². The minimum absolute atomic E-state index is 0. The second-order valence-electron chi connectivity index (χ2n) is 6.63. The number of ether oxygens (including phenoxy) is 2. The van der Waals surface area contributed by atoms with E-state index in [1.165, 1.54) is 0 Å². The number of likely N-dealkylation sites (N-methyl/N-ethyl adjacent to an activating group) is 1. The molecule has 1 saturated heterocycles. The quantitative estimate of drug-likeness (QED) is 0.621. The topological polar surface area (TPSA) is 50.8 Å². The van der Waals surface area contributed by atoms with Crippen molar-refractivity contribution in [1.82, 2.24) is 10.2 Å². The van der Waals surface area contributed by atoms with Crippen LogP contribution in [0.15, 0.2) is 18.2 Å². The summed E-state index contributed by atoms with van der Waals surface area (Å²) >= 11 is 0. The molecule has 6 heteroatoms. The molecule has 1 aromatic carbocycles. The number of amides is 1. The van der Waals surface area contributed by atoms with Crippen molar-refractivity contribution in [3.05, 3.63) is 23.8 Å². The van der Waals surface area contributed by atoms with Gasteiger partial charge in [-0.3, -0.25) is 4.79 Å². The van der Waals surface area contributed by atoms with Gasteiger partial charge in [0.2, 0.25) is 0 Å². The van der Waals surface area contributed by atoms with Crippen molar-refractivity contribution in [2.75, 3.05) is 33.4 Å². The van der Waals surface area contributed by atoms with Crippen molar-refractivity contribution < 1.29 is 14.3 Å². The van der Waals surface area contributed by atoms with E-state index in [-0.39, 0.29) is 24.4 Å². The fourth-order valence-electron chi connectivity index (χ4n) is 2.87. The summed E-state index contributed by atoms with van der Waals surface area (Å²) in [6.45, 7) is 7.41. The molecule has 1 aromatic rings. The third-order valence-corrected chi connectivity index (χ3v) is 4.60. The van der Waals surface area contributed by atoms with Crippen LogP contribution in [0.25, 0.3) is 0 Å². The Balaban J connectivity index is 0.00000338. The maximum atomic E-state index is 12.8. The van der Waals surface area contributed by atoms with Gasteiger partial charge in [0.15, 0.2) is 11.5 Å². The Morgan fingerprint density at radius 3 is 2.38 bits per heavy atom. The molecule has 1 amide bonds. The van der Waals surface area contributed by atoms with E-state index in [4.69, 9.17) is 9.47 Å². The average molecular weight is 385 g/mol. The van der Waals surface area contributed by atoms with E-state index in [1.54, 1.807) is 0 Å². The summed E-state index contributed by atoms with van der Waals surface area (Å²) in [5, 5.41) is 3.30. The fraction of sp³-hybridized carbons (Fsp3) is 0.650. The van der Waals surface area contributed by atoms with Gasteiger partial charge in [-0.1, -0.05) is 26.7 Å². The van der Waals surface area contributed by atoms with Gasteiger partial charge in [0.05, 0.1) is 13.2 Å². The van der Waals surface area contributed by atoms with Crippen LogP contribution in [0.5, 0.6) is 11.5 Å². The molecule has 0 aromatic heterocycles. The molecule has 148 valence electrons. The zero-order valence-electron chi connectivity index (χ0n) is 16.3. The van der Waals surface area contributed by atoms with Gasteiger partial charge in [-0.25, -0.2) is 0 Å². The second-order valence-corrected chi connectivity index (χ2v) is 6.63. The van der Waals surface area contributed by atoms with Gasteiger partial charge < -0.3 is 19.7 Å². The molecule has 26 heavy (non-hydrogen) atoms. The molecule has 2 rings (SSSR count). The zero-order chi connectivity index (χ0) is 18.1. The summed E-state index contributed by atoms with van der Waals surface area (Å²) in [5.74, 6) is 1.44. The van der Waals surface area contributed by atoms with Crippen LogP contribution < -0.4 is 14.8 Å². The largest absolute Gasteiger partial charge is 0.490 e. The smallest absolute Gasteiger partial charge is 0.254 e. The standard InChI is InChI=1S/C20H32N2O3.ClH/c1-4-6-12-24-18-9-8-16(14-19(18)25-13-7-5-2)20(23)22(3)17-10-11-21-15-17;/h8-9,14,17,21H,4-7,10-13,15H2,1-3H3;1H. The molecule has 1 fully saturated rings. The van der Waals surface area contributed by atoms with Gasteiger partial charge in [-0.15, -0.1) is 12.4 Å². The summed E-state index contributed by atoms with van der Waals surface area (Å²) in [7, 11) is 1.88. The molecular formula is C20H33ClN2O3. The molecule has 0 aliphatic carbocycles. The van der Waals surface area contributed by atoms with Crippen LogP contribution in [0.2, 0.25) is 0 Å². The Hall–Kier alpha value is -1.46. The Bertz CT molecular complexity index is 548. The molecule has 1 N–H and O–H groups in total. The molecule has 5 nitrogen and oxygen atoms in total. The molecule has 0 spiro atoms. The predicted octanol–water partition coefficient (Wildman–Crippen LogP) is 3.90. The SMILES string of the molecule is CCCCOc1ccc(C(=O)N(C)C2CCNC2)cc1OCCCC.Cl. The summed E-state index contributed by atoms with van der Waals surface area (Å²) in [5.41, 5.74) is 0.656. The predicted molar refractivity (Wildman–Crippen MR) is 108 cm³/mol. The molecule has 1 aliphatic heterocycles. The molecule has 0 saturated carbocycles. The van der Waals surface area contributed by atoms with Crippen LogP contribution in [0.4, 0.5) is 0 Å². The van der Waals surface area contributed by atoms with Gasteiger partial charge in [0.25, 0.3) is 5.91 Å². The third kappa shape index (κ3) is 6.36. The van der Waals surface area contributed by atoms with Gasteiger partial charge in [-0.05, 0) is 44.0 Å². The van der Waals surface area contributed by atoms with E-state index in [0.717, 1.165) is 50.9 Å². The monoisotopic (exact) mass is 384 g/mol. The number of hydrogen-bond donors (Lipinski definition) is 1. The van der Waals surface area contributed by atoms with Crippen LogP contribution in [0, 0.1) is 0 Å². The Labute approximate surface area is 163 Å². The first-order valence-electron chi connectivity index (χ1n) is 9.54. The number of halogens is 1. The molecule has 1 heterocycles. The minimum atomic E-state index is 0. The number of nitrogens with zero attached hydrogens (tertiary/aromatic N) is 1. The number of benzene rings is 1. The highest BCUT2D eigenvalue weighted by molar-refractivity contribution is 5.95. The highest BCUT2D eigenvalue weighted by Gasteiger charge is 2.24. The second kappa shape index (κ2) is 12.0. The number of carbonyl (C=O) groups excluding carboxylic acids is 1. The highest BCUT2D eigenvalue weighted by atomic mass is 35.5. The number of rotatable bonds is 10. The average Bonchev–Trinajstić information content (AvgIpc) is 3.16. The number of hydrogen-bond acceptors (Lipinski definition) is 4. The summed E-state index contributed by atoms with van der Waals surface area (Å²) in [6.07, 6.45) is 5.15. The molecule has 1 aliphatic rings. The van der Waals surface area contributed by atoms with E-state index in [9.17, 15) is 4.79 Å². The Kier molecular flexibility index (Phi) is 10.4. The summed E-state index contributed by atoms with van der Waals surface area (Å²) < 4.78 is 11.7. The van der Waals surface area contributed by atoms with Crippen molar-refractivity contribution in [1.29, 1.82) is 0 Å². The molecule has 1 atom stereocenters. The Morgan fingerprint density at radius 1 is 1.15 bits per heavy atom. The lowest BCUT2D eigenvalue weighted by Gasteiger charge is -2.24. The molecule has 1 unspecified atom stereocenters. The lowest BCUT2D eigenvalue weighted by molar-refractivity contribution is 0.0743. The van der Waals surface area contributed by atoms with Gasteiger partial charge in [0.1, 0.15) is 0 Å².